The van der Waals surface area contributed by atoms with Crippen LogP contribution in [0, 0.1) is 6.92 Å². The molecule has 0 atom stereocenters. The molecule has 1 amide bonds. The summed E-state index contributed by atoms with van der Waals surface area (Å²) >= 11 is 1.63. The van der Waals surface area contributed by atoms with Gasteiger partial charge in [-0.15, -0.1) is 11.3 Å². The predicted molar refractivity (Wildman–Crippen MR) is 94.1 cm³/mol. The van der Waals surface area contributed by atoms with Crippen LogP contribution < -0.4 is 10.1 Å². The number of nitrogens with zero attached hydrogens (tertiary/aromatic N) is 1. The summed E-state index contributed by atoms with van der Waals surface area (Å²) in [4.78, 5) is 16.3. The van der Waals surface area contributed by atoms with Crippen LogP contribution in [-0.2, 0) is 17.6 Å². The van der Waals surface area contributed by atoms with Crippen molar-refractivity contribution in [3.8, 4) is 5.75 Å². The molecule has 0 aliphatic rings. The van der Waals surface area contributed by atoms with Crippen molar-refractivity contribution in [2.45, 2.75) is 46.1 Å². The average Bonchev–Trinajstić information content (AvgIpc) is 2.85. The number of nitrogens with one attached hydrogen (secondary N) is 1. The Morgan fingerprint density at radius 2 is 1.96 bits per heavy atom. The van der Waals surface area contributed by atoms with Crippen LogP contribution in [-0.4, -0.2) is 23.0 Å². The van der Waals surface area contributed by atoms with E-state index in [1.165, 1.54) is 0 Å². The number of benzene rings is 1. The Labute approximate surface area is 141 Å². The Kier molecular flexibility index (Phi) is 5.77. The summed E-state index contributed by atoms with van der Waals surface area (Å²) in [6.07, 6.45) is 1.16. The van der Waals surface area contributed by atoms with Crippen molar-refractivity contribution < 1.29 is 9.53 Å². The van der Waals surface area contributed by atoms with Gasteiger partial charge in [-0.3, -0.25) is 4.79 Å². The first-order valence-electron chi connectivity index (χ1n) is 7.77. The summed E-state index contributed by atoms with van der Waals surface area (Å²) in [7, 11) is 0. The first-order chi connectivity index (χ1) is 10.8. The standard InChI is InChI=1S/C18H24N2O2S/c1-13-12-23-17(20-13)9-10-19-16(21)11-14-5-7-15(8-6-14)22-18(2,3)4/h5-8,12H,9-11H2,1-4H3,(H,19,21). The van der Waals surface area contributed by atoms with Gasteiger partial charge in [-0.2, -0.15) is 0 Å². The lowest BCUT2D eigenvalue weighted by Crippen LogP contribution is -2.27. The molecule has 5 heteroatoms. The van der Waals surface area contributed by atoms with E-state index in [4.69, 9.17) is 4.74 Å². The zero-order valence-corrected chi connectivity index (χ0v) is 15.0. The molecule has 2 rings (SSSR count). The van der Waals surface area contributed by atoms with Crippen molar-refractivity contribution in [2.24, 2.45) is 0 Å². The highest BCUT2D eigenvalue weighted by Crippen LogP contribution is 2.18. The molecule has 4 nitrogen and oxygen atoms in total. The van der Waals surface area contributed by atoms with Gasteiger partial charge in [-0.05, 0) is 45.4 Å². The molecule has 0 aliphatic heterocycles. The number of rotatable bonds is 6. The number of amides is 1. The molecular weight excluding hydrogens is 308 g/mol. The molecule has 0 aliphatic carbocycles. The number of carbonyl (C=O) groups excluding carboxylic acids is 1. The van der Waals surface area contributed by atoms with Crippen LogP contribution in [0.1, 0.15) is 37.0 Å². The maximum Gasteiger partial charge on any atom is 0.224 e. The highest BCUT2D eigenvalue weighted by molar-refractivity contribution is 7.09. The number of carbonyl (C=O) groups is 1. The Hall–Kier alpha value is -1.88. The summed E-state index contributed by atoms with van der Waals surface area (Å²) in [5, 5.41) is 6.03. The second kappa shape index (κ2) is 7.59. The molecule has 2 aromatic rings. The summed E-state index contributed by atoms with van der Waals surface area (Å²) in [6, 6.07) is 7.69. The van der Waals surface area contributed by atoms with Gasteiger partial charge >= 0.3 is 0 Å². The van der Waals surface area contributed by atoms with Gasteiger partial charge < -0.3 is 10.1 Å². The van der Waals surface area contributed by atoms with Crippen LogP contribution in [0.3, 0.4) is 0 Å². The van der Waals surface area contributed by atoms with Crippen LogP contribution in [0.4, 0.5) is 0 Å². The van der Waals surface area contributed by atoms with Crippen LogP contribution >= 0.6 is 11.3 Å². The van der Waals surface area contributed by atoms with Crippen molar-refractivity contribution >= 4 is 17.2 Å². The zero-order chi connectivity index (χ0) is 16.9. The van der Waals surface area contributed by atoms with E-state index in [1.807, 2.05) is 57.3 Å². The maximum atomic E-state index is 12.0. The van der Waals surface area contributed by atoms with Crippen molar-refractivity contribution in [1.29, 1.82) is 0 Å². The quantitative estimate of drug-likeness (QED) is 0.880. The number of ether oxygens (including phenoxy) is 1. The van der Waals surface area contributed by atoms with E-state index in [9.17, 15) is 4.79 Å². The maximum absolute atomic E-state index is 12.0. The van der Waals surface area contributed by atoms with E-state index in [1.54, 1.807) is 11.3 Å². The predicted octanol–water partition coefficient (Wildman–Crippen LogP) is 3.53. The molecule has 0 saturated heterocycles. The number of hydrogen-bond acceptors (Lipinski definition) is 4. The van der Waals surface area contributed by atoms with Gasteiger partial charge in [0.05, 0.1) is 11.4 Å². The minimum absolute atomic E-state index is 0.0303. The first-order valence-corrected chi connectivity index (χ1v) is 8.65. The number of thiazole rings is 1. The molecule has 0 fully saturated rings. The highest BCUT2D eigenvalue weighted by Gasteiger charge is 2.11. The minimum atomic E-state index is -0.215. The molecule has 1 N–H and O–H groups in total. The molecule has 23 heavy (non-hydrogen) atoms. The Morgan fingerprint density at radius 1 is 1.26 bits per heavy atom. The Morgan fingerprint density at radius 3 is 2.52 bits per heavy atom. The summed E-state index contributed by atoms with van der Waals surface area (Å²) in [5.41, 5.74) is 1.80. The van der Waals surface area contributed by atoms with Gasteiger partial charge in [0, 0.05) is 24.0 Å². The number of aryl methyl sites for hydroxylation is 1. The summed E-state index contributed by atoms with van der Waals surface area (Å²) in [6.45, 7) is 8.64. The number of hydrogen-bond donors (Lipinski definition) is 1. The molecule has 1 aromatic heterocycles. The fraction of sp³-hybridized carbons (Fsp3) is 0.444. The molecule has 124 valence electrons. The first kappa shape index (κ1) is 17.5. The van der Waals surface area contributed by atoms with Gasteiger partial charge in [0.25, 0.3) is 0 Å². The van der Waals surface area contributed by atoms with E-state index in [-0.39, 0.29) is 11.5 Å². The molecule has 1 aromatic carbocycles. The normalized spacial score (nSPS) is 11.3. The van der Waals surface area contributed by atoms with Gasteiger partial charge in [0.2, 0.25) is 5.91 Å². The fourth-order valence-electron chi connectivity index (χ4n) is 2.10. The second-order valence-electron chi connectivity index (χ2n) is 6.52. The zero-order valence-electron chi connectivity index (χ0n) is 14.2. The molecular formula is C18H24N2O2S. The van der Waals surface area contributed by atoms with Crippen LogP contribution in [0.15, 0.2) is 29.6 Å². The Balaban J connectivity index is 1.76. The van der Waals surface area contributed by atoms with Gasteiger partial charge in [-0.1, -0.05) is 12.1 Å². The van der Waals surface area contributed by atoms with E-state index in [0.29, 0.717) is 13.0 Å². The van der Waals surface area contributed by atoms with Crippen molar-refractivity contribution in [3.05, 3.63) is 45.9 Å². The SMILES string of the molecule is Cc1csc(CCNC(=O)Cc2ccc(OC(C)(C)C)cc2)n1. The third kappa shape index (κ3) is 6.40. The van der Waals surface area contributed by atoms with E-state index in [2.05, 4.69) is 10.3 Å². The average molecular weight is 332 g/mol. The highest BCUT2D eigenvalue weighted by atomic mass is 32.1. The second-order valence-corrected chi connectivity index (χ2v) is 7.46. The van der Waals surface area contributed by atoms with Crippen LogP contribution in [0.25, 0.3) is 0 Å². The number of aromatic nitrogens is 1. The molecule has 0 unspecified atom stereocenters. The van der Waals surface area contributed by atoms with E-state index >= 15 is 0 Å². The van der Waals surface area contributed by atoms with Crippen molar-refractivity contribution in [2.75, 3.05) is 6.54 Å². The van der Waals surface area contributed by atoms with E-state index in [0.717, 1.165) is 28.4 Å². The third-order valence-corrected chi connectivity index (χ3v) is 4.07. The lowest BCUT2D eigenvalue weighted by atomic mass is 10.1. The molecule has 0 bridgehead atoms. The molecule has 0 spiro atoms. The third-order valence-electron chi connectivity index (χ3n) is 3.04. The lowest BCUT2D eigenvalue weighted by molar-refractivity contribution is -0.120. The topological polar surface area (TPSA) is 51.2 Å². The summed E-state index contributed by atoms with van der Waals surface area (Å²) in [5.74, 6) is 0.851. The minimum Gasteiger partial charge on any atom is -0.488 e. The molecule has 0 radical (unpaired) electrons. The van der Waals surface area contributed by atoms with Crippen LogP contribution in [0.5, 0.6) is 5.75 Å². The monoisotopic (exact) mass is 332 g/mol. The largest absolute Gasteiger partial charge is 0.488 e. The van der Waals surface area contributed by atoms with Crippen molar-refractivity contribution in [3.63, 3.8) is 0 Å². The van der Waals surface area contributed by atoms with E-state index < -0.39 is 0 Å². The van der Waals surface area contributed by atoms with Gasteiger partial charge in [0.1, 0.15) is 11.4 Å². The van der Waals surface area contributed by atoms with Gasteiger partial charge in [0.15, 0.2) is 0 Å². The smallest absolute Gasteiger partial charge is 0.224 e. The fourth-order valence-corrected chi connectivity index (χ4v) is 2.88. The summed E-state index contributed by atoms with van der Waals surface area (Å²) < 4.78 is 5.77. The Bertz CT molecular complexity index is 642. The van der Waals surface area contributed by atoms with Gasteiger partial charge in [-0.25, -0.2) is 4.98 Å². The molecule has 1 heterocycles. The van der Waals surface area contributed by atoms with Crippen LogP contribution in [0.2, 0.25) is 0 Å². The lowest BCUT2D eigenvalue weighted by Gasteiger charge is -2.21. The van der Waals surface area contributed by atoms with Crippen molar-refractivity contribution in [1.82, 2.24) is 10.3 Å². The molecule has 0 saturated carbocycles.